The van der Waals surface area contributed by atoms with E-state index >= 15 is 0 Å². The minimum atomic E-state index is 0.257. The summed E-state index contributed by atoms with van der Waals surface area (Å²) in [4.78, 5) is 4.33. The van der Waals surface area contributed by atoms with Gasteiger partial charge in [-0.2, -0.15) is 4.98 Å². The van der Waals surface area contributed by atoms with Crippen LogP contribution in [0.2, 0.25) is 5.02 Å². The molecule has 1 aliphatic rings. The molecule has 0 fully saturated rings. The quantitative estimate of drug-likeness (QED) is 0.843. The Hall–Kier alpha value is -1.55. The minimum Gasteiger partial charge on any atom is -0.366 e. The number of hydrogen-bond donors (Lipinski definition) is 1. The summed E-state index contributed by atoms with van der Waals surface area (Å²) in [5.41, 5.74) is 6.85. The molecule has 1 aromatic heterocycles. The van der Waals surface area contributed by atoms with Crippen molar-refractivity contribution in [3.63, 3.8) is 0 Å². The van der Waals surface area contributed by atoms with E-state index in [1.165, 1.54) is 5.56 Å². The predicted octanol–water partition coefficient (Wildman–Crippen LogP) is 2.44. The Morgan fingerprint density at radius 3 is 3.12 bits per heavy atom. The molecule has 1 atom stereocenters. The zero-order valence-electron chi connectivity index (χ0n) is 9.31. The van der Waals surface area contributed by atoms with Crippen molar-refractivity contribution < 1.29 is 0 Å². The maximum Gasteiger partial charge on any atom is 0.239 e. The highest BCUT2D eigenvalue weighted by atomic mass is 35.5. The molecule has 4 nitrogen and oxygen atoms in total. The highest BCUT2D eigenvalue weighted by Crippen LogP contribution is 2.33. The number of fused-ring (bicyclic) bond motifs is 1. The topological polar surface area (TPSA) is 56.7 Å². The highest BCUT2D eigenvalue weighted by Gasteiger charge is 2.25. The van der Waals surface area contributed by atoms with Gasteiger partial charge in [0.25, 0.3) is 0 Å². The molecule has 3 rings (SSSR count). The Balaban J connectivity index is 2.05. The largest absolute Gasteiger partial charge is 0.366 e. The minimum absolute atomic E-state index is 0.257. The maximum atomic E-state index is 6.03. The van der Waals surface area contributed by atoms with Gasteiger partial charge >= 0.3 is 0 Å². The fourth-order valence-electron chi connectivity index (χ4n) is 2.41. The Bertz CT molecular complexity index is 549. The number of nitrogens with zero attached hydrogens (tertiary/aromatic N) is 3. The lowest BCUT2D eigenvalue weighted by Crippen LogP contribution is -2.17. The van der Waals surface area contributed by atoms with Crippen molar-refractivity contribution >= 4 is 17.5 Å². The Morgan fingerprint density at radius 2 is 2.29 bits per heavy atom. The number of aromatic nitrogens is 3. The van der Waals surface area contributed by atoms with Crippen LogP contribution in [0.3, 0.4) is 0 Å². The fraction of sp³-hybridized carbons (Fsp3) is 0.333. The van der Waals surface area contributed by atoms with Gasteiger partial charge in [-0.05, 0) is 30.5 Å². The van der Waals surface area contributed by atoms with Gasteiger partial charge in [0.2, 0.25) is 5.95 Å². The Labute approximate surface area is 104 Å². The van der Waals surface area contributed by atoms with E-state index in [1.807, 2.05) is 22.9 Å². The number of halogens is 1. The fourth-order valence-corrected chi connectivity index (χ4v) is 2.61. The van der Waals surface area contributed by atoms with Gasteiger partial charge in [0.05, 0.1) is 0 Å². The molecular formula is C12H13ClN4. The normalized spacial score (nSPS) is 19.0. The van der Waals surface area contributed by atoms with Crippen molar-refractivity contribution in [2.24, 2.45) is 0 Å². The number of anilines is 1. The first-order chi connectivity index (χ1) is 8.24. The second-order valence-corrected chi connectivity index (χ2v) is 4.74. The third-order valence-corrected chi connectivity index (χ3v) is 3.38. The molecule has 0 aliphatic carbocycles. The van der Waals surface area contributed by atoms with Crippen LogP contribution in [-0.4, -0.2) is 14.8 Å². The highest BCUT2D eigenvalue weighted by molar-refractivity contribution is 6.30. The van der Waals surface area contributed by atoms with Crippen LogP contribution in [0.25, 0.3) is 0 Å². The molecule has 0 amide bonds. The number of hydrogen-bond acceptors (Lipinski definition) is 3. The van der Waals surface area contributed by atoms with Crippen molar-refractivity contribution in [3.8, 4) is 0 Å². The second kappa shape index (κ2) is 4.04. The number of aryl methyl sites for hydroxylation is 1. The molecule has 1 aromatic carbocycles. The molecule has 2 N–H and O–H groups in total. The van der Waals surface area contributed by atoms with Gasteiger partial charge in [0.15, 0.2) is 0 Å². The van der Waals surface area contributed by atoms with E-state index < -0.39 is 0 Å². The van der Waals surface area contributed by atoms with Gasteiger partial charge < -0.3 is 5.73 Å². The number of benzene rings is 1. The molecule has 0 radical (unpaired) electrons. The SMILES string of the molecule is Nc1nc2n(n1)CCCC2c1cccc(Cl)c1. The van der Waals surface area contributed by atoms with E-state index in [1.54, 1.807) is 0 Å². The number of rotatable bonds is 1. The zero-order valence-corrected chi connectivity index (χ0v) is 10.1. The molecule has 0 spiro atoms. The summed E-state index contributed by atoms with van der Waals surface area (Å²) in [6, 6.07) is 7.92. The Morgan fingerprint density at radius 1 is 1.41 bits per heavy atom. The Kier molecular flexibility index (Phi) is 2.52. The van der Waals surface area contributed by atoms with E-state index in [2.05, 4.69) is 16.1 Å². The average Bonchev–Trinajstić information content (AvgIpc) is 2.68. The molecule has 2 aromatic rings. The standard InChI is InChI=1S/C12H13ClN4/c13-9-4-1-3-8(7-9)10-5-2-6-17-11(10)15-12(14)16-17/h1,3-4,7,10H,2,5-6H2,(H2,14,16). The van der Waals surface area contributed by atoms with Gasteiger partial charge in [0.1, 0.15) is 5.82 Å². The summed E-state index contributed by atoms with van der Waals surface area (Å²) in [6.45, 7) is 0.899. The van der Waals surface area contributed by atoms with Crippen molar-refractivity contribution in [1.29, 1.82) is 0 Å². The van der Waals surface area contributed by atoms with Crippen molar-refractivity contribution in [2.75, 3.05) is 5.73 Å². The summed E-state index contributed by atoms with van der Waals surface area (Å²) in [5, 5.41) is 4.96. The van der Waals surface area contributed by atoms with Gasteiger partial charge in [-0.1, -0.05) is 23.7 Å². The molecule has 0 saturated carbocycles. The van der Waals surface area contributed by atoms with E-state index in [0.717, 1.165) is 30.2 Å². The molecule has 0 bridgehead atoms. The van der Waals surface area contributed by atoms with E-state index in [0.29, 0.717) is 5.95 Å². The van der Waals surface area contributed by atoms with Gasteiger partial charge in [-0.25, -0.2) is 4.68 Å². The molecule has 1 aliphatic heterocycles. The maximum absolute atomic E-state index is 6.03. The van der Waals surface area contributed by atoms with Crippen LogP contribution in [0.5, 0.6) is 0 Å². The summed E-state index contributed by atoms with van der Waals surface area (Å²) < 4.78 is 1.91. The first kappa shape index (κ1) is 10.6. The molecule has 0 saturated heterocycles. The first-order valence-electron chi connectivity index (χ1n) is 5.70. The van der Waals surface area contributed by atoms with Crippen molar-refractivity contribution in [1.82, 2.24) is 14.8 Å². The van der Waals surface area contributed by atoms with Crippen LogP contribution in [-0.2, 0) is 6.54 Å². The summed E-state index contributed by atoms with van der Waals surface area (Å²) >= 11 is 6.03. The van der Waals surface area contributed by atoms with Gasteiger partial charge in [0, 0.05) is 17.5 Å². The third kappa shape index (κ3) is 1.89. The molecule has 17 heavy (non-hydrogen) atoms. The molecule has 88 valence electrons. The second-order valence-electron chi connectivity index (χ2n) is 4.30. The van der Waals surface area contributed by atoms with Crippen molar-refractivity contribution in [3.05, 3.63) is 40.7 Å². The van der Waals surface area contributed by atoms with E-state index in [-0.39, 0.29) is 5.92 Å². The molecular weight excluding hydrogens is 236 g/mol. The lowest BCUT2D eigenvalue weighted by molar-refractivity contribution is 0.446. The third-order valence-electron chi connectivity index (χ3n) is 3.14. The summed E-state index contributed by atoms with van der Waals surface area (Å²) in [5.74, 6) is 1.57. The molecule has 5 heteroatoms. The van der Waals surface area contributed by atoms with Crippen LogP contribution in [0.1, 0.15) is 30.1 Å². The van der Waals surface area contributed by atoms with Crippen molar-refractivity contribution in [2.45, 2.75) is 25.3 Å². The van der Waals surface area contributed by atoms with E-state index in [9.17, 15) is 0 Å². The summed E-state index contributed by atoms with van der Waals surface area (Å²) in [7, 11) is 0. The van der Waals surface area contributed by atoms with Gasteiger partial charge in [-0.15, -0.1) is 5.10 Å². The predicted molar refractivity (Wildman–Crippen MR) is 67.0 cm³/mol. The van der Waals surface area contributed by atoms with Gasteiger partial charge in [-0.3, -0.25) is 0 Å². The monoisotopic (exact) mass is 248 g/mol. The zero-order chi connectivity index (χ0) is 11.8. The molecule has 1 unspecified atom stereocenters. The van der Waals surface area contributed by atoms with Crippen LogP contribution < -0.4 is 5.73 Å². The lowest BCUT2D eigenvalue weighted by Gasteiger charge is -2.22. The number of nitrogen functional groups attached to an aromatic ring is 1. The smallest absolute Gasteiger partial charge is 0.239 e. The lowest BCUT2D eigenvalue weighted by atomic mass is 9.91. The van der Waals surface area contributed by atoms with E-state index in [4.69, 9.17) is 17.3 Å². The van der Waals surface area contributed by atoms with Crippen LogP contribution >= 0.6 is 11.6 Å². The average molecular weight is 249 g/mol. The molecule has 2 heterocycles. The first-order valence-corrected chi connectivity index (χ1v) is 6.07. The van der Waals surface area contributed by atoms with Crippen LogP contribution in [0.15, 0.2) is 24.3 Å². The van der Waals surface area contributed by atoms with Crippen LogP contribution in [0, 0.1) is 0 Å². The summed E-state index contributed by atoms with van der Waals surface area (Å²) in [6.07, 6.45) is 2.16. The van der Waals surface area contributed by atoms with Crippen LogP contribution in [0.4, 0.5) is 5.95 Å². The number of nitrogens with two attached hydrogens (primary N) is 1.